The summed E-state index contributed by atoms with van der Waals surface area (Å²) in [5, 5.41) is 2.57. The molecule has 0 aromatic heterocycles. The molecule has 6 nitrogen and oxygen atoms in total. The second-order valence-electron chi connectivity index (χ2n) is 9.74. The monoisotopic (exact) mass is 569 g/mol. The Kier molecular flexibility index (Phi) is 11.5. The van der Waals surface area contributed by atoms with Crippen LogP contribution in [0.25, 0.3) is 0 Å². The SMILES string of the molecule is CCCCCCCOc1ccc(C(=O)Oc2ccc(C[C@H](NC(=O)c3ccc(C(F)(F)F)cc3)C(C)=O)cc2)cc1. The van der Waals surface area contributed by atoms with Crippen molar-refractivity contribution in [1.82, 2.24) is 5.32 Å². The number of unbranched alkanes of at least 4 members (excludes halogenated alkanes) is 4. The summed E-state index contributed by atoms with van der Waals surface area (Å²) >= 11 is 0. The van der Waals surface area contributed by atoms with E-state index in [0.29, 0.717) is 29.2 Å². The second-order valence-corrected chi connectivity index (χ2v) is 9.74. The van der Waals surface area contributed by atoms with Crippen molar-refractivity contribution in [3.63, 3.8) is 0 Å². The van der Waals surface area contributed by atoms with E-state index in [1.54, 1.807) is 48.5 Å². The van der Waals surface area contributed by atoms with E-state index in [1.807, 2.05) is 0 Å². The zero-order chi connectivity index (χ0) is 29.8. The molecule has 0 heterocycles. The van der Waals surface area contributed by atoms with Gasteiger partial charge in [-0.05, 0) is 86.0 Å². The van der Waals surface area contributed by atoms with E-state index >= 15 is 0 Å². The van der Waals surface area contributed by atoms with Crippen LogP contribution in [-0.2, 0) is 17.4 Å². The average molecular weight is 570 g/mol. The Bertz CT molecular complexity index is 1290. The molecule has 3 aromatic rings. The minimum absolute atomic E-state index is 0.00788. The maximum atomic E-state index is 12.8. The van der Waals surface area contributed by atoms with Crippen molar-refractivity contribution in [2.75, 3.05) is 6.61 Å². The lowest BCUT2D eigenvalue weighted by Crippen LogP contribution is -2.41. The molecule has 0 aliphatic rings. The van der Waals surface area contributed by atoms with Gasteiger partial charge in [-0.15, -0.1) is 0 Å². The maximum Gasteiger partial charge on any atom is 0.416 e. The standard InChI is InChI=1S/C32H34F3NO5/c1-3-4-5-6-7-20-40-27-18-12-25(13-19-27)31(39)41-28-16-8-23(9-17-28)21-29(22(2)37)36-30(38)24-10-14-26(15-11-24)32(33,34)35/h8-19,29H,3-7,20-21H2,1-2H3,(H,36,38)/t29-/m0/s1. The molecule has 0 unspecified atom stereocenters. The lowest BCUT2D eigenvalue weighted by atomic mass is 10.0. The lowest BCUT2D eigenvalue weighted by Gasteiger charge is -2.17. The van der Waals surface area contributed by atoms with Crippen LogP contribution in [0.1, 0.15) is 77.8 Å². The zero-order valence-electron chi connectivity index (χ0n) is 23.1. The zero-order valence-corrected chi connectivity index (χ0v) is 23.1. The Labute approximate surface area is 237 Å². The molecular weight excluding hydrogens is 535 g/mol. The first kappa shape index (κ1) is 31.4. The number of Topliss-reactive ketones (excluding diaryl/α,β-unsaturated/α-hetero) is 1. The Morgan fingerprint density at radius 2 is 1.37 bits per heavy atom. The van der Waals surface area contributed by atoms with E-state index in [9.17, 15) is 27.6 Å². The highest BCUT2D eigenvalue weighted by Crippen LogP contribution is 2.29. The third-order valence-corrected chi connectivity index (χ3v) is 6.45. The van der Waals surface area contributed by atoms with E-state index in [1.165, 1.54) is 26.2 Å². The molecule has 0 bridgehead atoms. The lowest BCUT2D eigenvalue weighted by molar-refractivity contribution is -0.137. The van der Waals surface area contributed by atoms with Crippen LogP contribution in [0.5, 0.6) is 11.5 Å². The Hall–Kier alpha value is -4.14. The number of hydrogen-bond donors (Lipinski definition) is 1. The molecule has 1 atom stereocenters. The van der Waals surface area contributed by atoms with E-state index < -0.39 is 29.7 Å². The third-order valence-electron chi connectivity index (χ3n) is 6.45. The number of ether oxygens (including phenoxy) is 2. The van der Waals surface area contributed by atoms with Gasteiger partial charge in [0.25, 0.3) is 5.91 Å². The van der Waals surface area contributed by atoms with Gasteiger partial charge >= 0.3 is 12.1 Å². The van der Waals surface area contributed by atoms with Crippen molar-refractivity contribution in [3.05, 3.63) is 95.1 Å². The number of nitrogens with one attached hydrogen (secondary N) is 1. The van der Waals surface area contributed by atoms with Crippen LogP contribution in [0, 0.1) is 0 Å². The van der Waals surface area contributed by atoms with Crippen LogP contribution in [0.3, 0.4) is 0 Å². The fraction of sp³-hybridized carbons (Fsp3) is 0.344. The van der Waals surface area contributed by atoms with E-state index in [-0.39, 0.29) is 17.8 Å². The molecule has 0 radical (unpaired) electrons. The van der Waals surface area contributed by atoms with E-state index in [0.717, 1.165) is 37.1 Å². The summed E-state index contributed by atoms with van der Waals surface area (Å²) in [5.74, 6) is -0.516. The van der Waals surface area contributed by atoms with Crippen molar-refractivity contribution >= 4 is 17.7 Å². The number of rotatable bonds is 14. The topological polar surface area (TPSA) is 81.7 Å². The highest BCUT2D eigenvalue weighted by Gasteiger charge is 2.30. The largest absolute Gasteiger partial charge is 0.494 e. The van der Waals surface area contributed by atoms with Gasteiger partial charge in [-0.3, -0.25) is 9.59 Å². The summed E-state index contributed by atoms with van der Waals surface area (Å²) in [5.41, 5.74) is 0.196. The summed E-state index contributed by atoms with van der Waals surface area (Å²) in [7, 11) is 0. The first-order chi connectivity index (χ1) is 19.6. The first-order valence-electron chi connectivity index (χ1n) is 13.6. The van der Waals surface area contributed by atoms with Gasteiger partial charge in [0.15, 0.2) is 5.78 Å². The molecule has 0 saturated carbocycles. The minimum atomic E-state index is -4.51. The Morgan fingerprint density at radius 1 is 0.780 bits per heavy atom. The molecule has 1 amide bonds. The number of hydrogen-bond acceptors (Lipinski definition) is 5. The number of alkyl halides is 3. The number of ketones is 1. The molecule has 0 fully saturated rings. The number of halogens is 3. The van der Waals surface area contributed by atoms with Crippen LogP contribution >= 0.6 is 0 Å². The predicted octanol–water partition coefficient (Wildman–Crippen LogP) is 7.20. The van der Waals surface area contributed by atoms with E-state index in [2.05, 4.69) is 12.2 Å². The van der Waals surface area contributed by atoms with Crippen LogP contribution in [0.2, 0.25) is 0 Å². The fourth-order valence-electron chi connectivity index (χ4n) is 4.03. The van der Waals surface area contributed by atoms with Crippen LogP contribution in [0.4, 0.5) is 13.2 Å². The third kappa shape index (κ3) is 10.1. The van der Waals surface area contributed by atoms with Crippen molar-refractivity contribution in [2.24, 2.45) is 0 Å². The molecule has 0 saturated heterocycles. The van der Waals surface area contributed by atoms with Crippen molar-refractivity contribution in [2.45, 2.75) is 64.6 Å². The number of carbonyl (C=O) groups excluding carboxylic acids is 3. The van der Waals surface area contributed by atoms with Gasteiger partial charge < -0.3 is 14.8 Å². The van der Waals surface area contributed by atoms with Gasteiger partial charge in [-0.1, -0.05) is 44.7 Å². The van der Waals surface area contributed by atoms with Crippen molar-refractivity contribution in [1.29, 1.82) is 0 Å². The quantitative estimate of drug-likeness (QED) is 0.126. The van der Waals surface area contributed by atoms with Crippen LogP contribution in [-0.4, -0.2) is 30.3 Å². The van der Waals surface area contributed by atoms with Gasteiger partial charge in [0.05, 0.1) is 23.8 Å². The Morgan fingerprint density at radius 3 is 1.95 bits per heavy atom. The second kappa shape index (κ2) is 15.0. The molecule has 0 spiro atoms. The van der Waals surface area contributed by atoms with Crippen LogP contribution in [0.15, 0.2) is 72.8 Å². The molecule has 1 N–H and O–H groups in total. The summed E-state index contributed by atoms with van der Waals surface area (Å²) in [4.78, 5) is 37.2. The molecule has 3 rings (SSSR count). The highest BCUT2D eigenvalue weighted by molar-refractivity contribution is 5.97. The normalized spacial score (nSPS) is 11.9. The van der Waals surface area contributed by atoms with Gasteiger partial charge in [0.1, 0.15) is 11.5 Å². The highest BCUT2D eigenvalue weighted by atomic mass is 19.4. The van der Waals surface area contributed by atoms with Gasteiger partial charge in [0.2, 0.25) is 0 Å². The molecule has 41 heavy (non-hydrogen) atoms. The first-order valence-corrected chi connectivity index (χ1v) is 13.6. The number of carbonyl (C=O) groups is 3. The van der Waals surface area contributed by atoms with Gasteiger partial charge in [0, 0.05) is 5.56 Å². The number of esters is 1. The Balaban J connectivity index is 1.51. The minimum Gasteiger partial charge on any atom is -0.494 e. The smallest absolute Gasteiger partial charge is 0.416 e. The van der Waals surface area contributed by atoms with Gasteiger partial charge in [-0.2, -0.15) is 13.2 Å². The molecule has 0 aliphatic heterocycles. The predicted molar refractivity (Wildman–Crippen MR) is 149 cm³/mol. The molecule has 218 valence electrons. The maximum absolute atomic E-state index is 12.8. The summed E-state index contributed by atoms with van der Waals surface area (Å²) in [6.07, 6.45) is 1.37. The van der Waals surface area contributed by atoms with E-state index in [4.69, 9.17) is 9.47 Å². The summed E-state index contributed by atoms with van der Waals surface area (Å²) in [6.45, 7) is 4.12. The van der Waals surface area contributed by atoms with Crippen molar-refractivity contribution < 1.29 is 37.0 Å². The van der Waals surface area contributed by atoms with Gasteiger partial charge in [-0.25, -0.2) is 4.79 Å². The number of amides is 1. The summed E-state index contributed by atoms with van der Waals surface area (Å²) < 4.78 is 49.5. The van der Waals surface area contributed by atoms with Crippen molar-refractivity contribution in [3.8, 4) is 11.5 Å². The van der Waals surface area contributed by atoms with Crippen LogP contribution < -0.4 is 14.8 Å². The summed E-state index contributed by atoms with van der Waals surface area (Å²) in [6, 6.07) is 16.1. The molecular formula is C32H34F3NO5. The average Bonchev–Trinajstić information content (AvgIpc) is 2.95. The number of benzene rings is 3. The fourth-order valence-corrected chi connectivity index (χ4v) is 4.03. The molecule has 3 aromatic carbocycles. The molecule has 0 aliphatic carbocycles. The molecule has 9 heteroatoms.